The number of aliphatic carboxylic acids is 1. The molecule has 4 nitrogen and oxygen atoms in total. The quantitative estimate of drug-likeness (QED) is 0.881. The van der Waals surface area contributed by atoms with Crippen molar-refractivity contribution in [1.82, 2.24) is 5.32 Å². The largest absolute Gasteiger partial charge is 0.480 e. The first-order valence-electron chi connectivity index (χ1n) is 7.24. The van der Waals surface area contributed by atoms with E-state index in [4.69, 9.17) is 5.11 Å². The van der Waals surface area contributed by atoms with Crippen LogP contribution >= 0.6 is 0 Å². The Morgan fingerprint density at radius 3 is 2.85 bits per heavy atom. The number of carboxylic acids is 1. The molecule has 106 valence electrons. The van der Waals surface area contributed by atoms with Gasteiger partial charge in [-0.25, -0.2) is 4.79 Å². The minimum atomic E-state index is -0.954. The minimum Gasteiger partial charge on any atom is -0.480 e. The summed E-state index contributed by atoms with van der Waals surface area (Å²) in [5.41, 5.74) is 2.63. The van der Waals surface area contributed by atoms with Crippen LogP contribution in [0.2, 0.25) is 0 Å². The van der Waals surface area contributed by atoms with Crippen molar-refractivity contribution in [3.05, 3.63) is 35.4 Å². The fourth-order valence-corrected chi connectivity index (χ4v) is 3.53. The molecular formula is C16H19NO3. The third-order valence-electron chi connectivity index (χ3n) is 4.66. The summed E-state index contributed by atoms with van der Waals surface area (Å²) in [5, 5.41) is 11.7. The maximum absolute atomic E-state index is 12.3. The Bertz CT molecular complexity index is 554. The first kappa shape index (κ1) is 13.2. The fourth-order valence-electron chi connectivity index (χ4n) is 3.53. The molecule has 3 rings (SSSR count). The van der Waals surface area contributed by atoms with Crippen LogP contribution in [0.25, 0.3) is 0 Å². The molecule has 0 aliphatic heterocycles. The number of aryl methyl sites for hydroxylation is 1. The summed E-state index contributed by atoms with van der Waals surface area (Å²) >= 11 is 0. The Labute approximate surface area is 118 Å². The molecule has 1 saturated carbocycles. The van der Waals surface area contributed by atoms with Crippen LogP contribution in [0.1, 0.15) is 36.8 Å². The summed E-state index contributed by atoms with van der Waals surface area (Å²) in [7, 11) is 0. The Morgan fingerprint density at radius 1 is 1.40 bits per heavy atom. The normalized spacial score (nSPS) is 27.9. The zero-order chi connectivity index (χ0) is 14.3. The number of fused-ring (bicyclic) bond motifs is 3. The molecular weight excluding hydrogens is 254 g/mol. The summed E-state index contributed by atoms with van der Waals surface area (Å²) in [4.78, 5) is 23.3. The van der Waals surface area contributed by atoms with Crippen molar-refractivity contribution < 1.29 is 14.7 Å². The van der Waals surface area contributed by atoms with Gasteiger partial charge in [-0.3, -0.25) is 4.79 Å². The van der Waals surface area contributed by atoms with Gasteiger partial charge in [0.2, 0.25) is 5.91 Å². The Morgan fingerprint density at radius 2 is 2.15 bits per heavy atom. The molecule has 4 heteroatoms. The Kier molecular flexibility index (Phi) is 3.24. The van der Waals surface area contributed by atoms with Crippen molar-refractivity contribution in [2.75, 3.05) is 0 Å². The highest BCUT2D eigenvalue weighted by Gasteiger charge is 2.57. The van der Waals surface area contributed by atoms with Crippen molar-refractivity contribution in [3.8, 4) is 0 Å². The van der Waals surface area contributed by atoms with Crippen LogP contribution in [0.15, 0.2) is 24.3 Å². The van der Waals surface area contributed by atoms with Gasteiger partial charge in [0, 0.05) is 5.92 Å². The number of amides is 1. The van der Waals surface area contributed by atoms with E-state index in [1.165, 1.54) is 11.1 Å². The van der Waals surface area contributed by atoms with Gasteiger partial charge in [0.25, 0.3) is 0 Å². The molecule has 0 saturated heterocycles. The molecule has 0 aromatic heterocycles. The second kappa shape index (κ2) is 4.93. The standard InChI is InChI=1S/C16H19NO3/c1-2-12(16(19)20)17-15(18)14-11-8-7-9-5-3-4-6-10(9)13(11)14/h3-6,11-14H,2,7-8H2,1H3,(H,17,18)(H,19,20). The van der Waals surface area contributed by atoms with Gasteiger partial charge < -0.3 is 10.4 Å². The number of benzene rings is 1. The summed E-state index contributed by atoms with van der Waals surface area (Å²) in [6.45, 7) is 1.77. The van der Waals surface area contributed by atoms with E-state index in [1.54, 1.807) is 6.92 Å². The number of nitrogens with one attached hydrogen (secondary N) is 1. The molecule has 0 spiro atoms. The average Bonchev–Trinajstić information content (AvgIpc) is 3.19. The maximum Gasteiger partial charge on any atom is 0.326 e. The number of carboxylic acid groups (broad SMARTS) is 1. The zero-order valence-corrected chi connectivity index (χ0v) is 11.5. The third-order valence-corrected chi connectivity index (χ3v) is 4.66. The van der Waals surface area contributed by atoms with Crippen LogP contribution in [0.4, 0.5) is 0 Å². The molecule has 1 aromatic rings. The van der Waals surface area contributed by atoms with Gasteiger partial charge in [-0.2, -0.15) is 0 Å². The van der Waals surface area contributed by atoms with Gasteiger partial charge >= 0.3 is 5.97 Å². The lowest BCUT2D eigenvalue weighted by Crippen LogP contribution is -2.41. The van der Waals surface area contributed by atoms with E-state index in [9.17, 15) is 9.59 Å². The van der Waals surface area contributed by atoms with Gasteiger partial charge in [-0.15, -0.1) is 0 Å². The SMILES string of the molecule is CCC(NC(=O)C1C2CCc3ccccc3C21)C(=O)O. The molecule has 0 bridgehead atoms. The molecule has 0 radical (unpaired) electrons. The summed E-state index contributed by atoms with van der Waals surface area (Å²) in [5.74, 6) is -0.384. The molecule has 1 amide bonds. The second-order valence-electron chi connectivity index (χ2n) is 5.76. The Hall–Kier alpha value is -1.84. The molecule has 2 aliphatic rings. The lowest BCUT2D eigenvalue weighted by molar-refractivity contribution is -0.142. The van der Waals surface area contributed by atoms with Gasteiger partial charge in [-0.1, -0.05) is 31.2 Å². The van der Waals surface area contributed by atoms with Crippen molar-refractivity contribution in [3.63, 3.8) is 0 Å². The molecule has 4 unspecified atom stereocenters. The number of rotatable bonds is 4. The van der Waals surface area contributed by atoms with Gasteiger partial charge in [-0.05, 0) is 42.2 Å². The van der Waals surface area contributed by atoms with Crippen molar-refractivity contribution in [1.29, 1.82) is 0 Å². The van der Waals surface area contributed by atoms with Crippen LogP contribution < -0.4 is 5.32 Å². The van der Waals surface area contributed by atoms with E-state index in [0.29, 0.717) is 18.3 Å². The number of hydrogen-bond acceptors (Lipinski definition) is 2. The Balaban J connectivity index is 1.72. The highest BCUT2D eigenvalue weighted by Crippen LogP contribution is 2.59. The van der Waals surface area contributed by atoms with Crippen LogP contribution in [-0.2, 0) is 16.0 Å². The highest BCUT2D eigenvalue weighted by molar-refractivity contribution is 5.88. The van der Waals surface area contributed by atoms with E-state index in [2.05, 4.69) is 17.4 Å². The first-order chi connectivity index (χ1) is 9.63. The molecule has 2 aliphatic carbocycles. The summed E-state index contributed by atoms with van der Waals surface area (Å²) in [6, 6.07) is 7.52. The number of carbonyl (C=O) groups excluding carboxylic acids is 1. The molecule has 2 N–H and O–H groups in total. The van der Waals surface area contributed by atoms with Crippen LogP contribution in [0, 0.1) is 11.8 Å². The predicted octanol–water partition coefficient (Wildman–Crippen LogP) is 1.94. The maximum atomic E-state index is 12.3. The highest BCUT2D eigenvalue weighted by atomic mass is 16.4. The first-order valence-corrected chi connectivity index (χ1v) is 7.24. The number of carbonyl (C=O) groups is 2. The van der Waals surface area contributed by atoms with E-state index in [0.717, 1.165) is 12.8 Å². The van der Waals surface area contributed by atoms with Crippen LogP contribution in [0.3, 0.4) is 0 Å². The zero-order valence-electron chi connectivity index (χ0n) is 11.5. The van der Waals surface area contributed by atoms with Crippen molar-refractivity contribution in [2.24, 2.45) is 11.8 Å². The van der Waals surface area contributed by atoms with Crippen molar-refractivity contribution in [2.45, 2.75) is 38.1 Å². The molecule has 1 fully saturated rings. The summed E-state index contributed by atoms with van der Waals surface area (Å²) < 4.78 is 0. The monoisotopic (exact) mass is 273 g/mol. The topological polar surface area (TPSA) is 66.4 Å². The molecule has 1 aromatic carbocycles. The van der Waals surface area contributed by atoms with E-state index < -0.39 is 12.0 Å². The number of hydrogen-bond donors (Lipinski definition) is 2. The van der Waals surface area contributed by atoms with Gasteiger partial charge in [0.15, 0.2) is 0 Å². The van der Waals surface area contributed by atoms with Crippen molar-refractivity contribution >= 4 is 11.9 Å². The van der Waals surface area contributed by atoms with Crippen LogP contribution in [0.5, 0.6) is 0 Å². The summed E-state index contributed by atoms with van der Waals surface area (Å²) in [6.07, 6.45) is 2.47. The van der Waals surface area contributed by atoms with Gasteiger partial charge in [0.1, 0.15) is 6.04 Å². The van der Waals surface area contributed by atoms with Gasteiger partial charge in [0.05, 0.1) is 0 Å². The molecule has 4 atom stereocenters. The average molecular weight is 273 g/mol. The fraction of sp³-hybridized carbons (Fsp3) is 0.500. The predicted molar refractivity (Wildman–Crippen MR) is 74.3 cm³/mol. The van der Waals surface area contributed by atoms with E-state index in [-0.39, 0.29) is 11.8 Å². The second-order valence-corrected chi connectivity index (χ2v) is 5.76. The molecule has 0 heterocycles. The van der Waals surface area contributed by atoms with E-state index in [1.807, 2.05) is 12.1 Å². The third kappa shape index (κ3) is 2.09. The lowest BCUT2D eigenvalue weighted by Gasteiger charge is -2.13. The minimum absolute atomic E-state index is 0.0351. The van der Waals surface area contributed by atoms with E-state index >= 15 is 0 Å². The lowest BCUT2D eigenvalue weighted by atomic mass is 9.92. The van der Waals surface area contributed by atoms with Crippen LogP contribution in [-0.4, -0.2) is 23.0 Å². The molecule has 20 heavy (non-hydrogen) atoms. The smallest absolute Gasteiger partial charge is 0.326 e.